The van der Waals surface area contributed by atoms with Crippen molar-refractivity contribution in [2.24, 2.45) is 0 Å². The summed E-state index contributed by atoms with van der Waals surface area (Å²) in [6.07, 6.45) is 9.51. The van der Waals surface area contributed by atoms with Crippen LogP contribution in [0.3, 0.4) is 0 Å². The number of rotatable bonds is 6. The zero-order valence-electron chi connectivity index (χ0n) is 23.4. The van der Waals surface area contributed by atoms with Crippen molar-refractivity contribution < 1.29 is 29.7 Å². The summed E-state index contributed by atoms with van der Waals surface area (Å²) in [4.78, 5) is 44.9. The predicted octanol–water partition coefficient (Wildman–Crippen LogP) is 5.50. The molecule has 0 spiro atoms. The summed E-state index contributed by atoms with van der Waals surface area (Å²) >= 11 is 0. The van der Waals surface area contributed by atoms with Crippen LogP contribution >= 0.6 is 0 Å². The number of pyridine rings is 3. The number of carbonyl (C=O) groups is 3. The Labute approximate surface area is 244 Å². The van der Waals surface area contributed by atoms with E-state index in [1.54, 1.807) is 73.6 Å². The van der Waals surface area contributed by atoms with Gasteiger partial charge >= 0.3 is 0 Å². The highest BCUT2D eigenvalue weighted by molar-refractivity contribution is 6.21. The molecule has 3 aromatic rings. The molecule has 0 saturated heterocycles. The van der Waals surface area contributed by atoms with E-state index in [-0.39, 0.29) is 52.0 Å². The van der Waals surface area contributed by atoms with Gasteiger partial charge in [-0.05, 0) is 94.6 Å². The molecule has 3 rings (SSSR count). The van der Waals surface area contributed by atoms with Crippen LogP contribution in [0, 0.1) is 0 Å². The van der Waals surface area contributed by atoms with Crippen LogP contribution in [-0.4, -0.2) is 65.0 Å². The van der Waals surface area contributed by atoms with Gasteiger partial charge in [0.1, 0.15) is 17.3 Å². The van der Waals surface area contributed by atoms with Gasteiger partial charge in [-0.25, -0.2) is 0 Å². The molecule has 3 aromatic heterocycles. The Morgan fingerprint density at radius 1 is 0.450 bits per heavy atom. The molecular formula is C30H33AlN3O6. The Balaban J connectivity index is 0.000000563. The molecule has 3 heterocycles. The third kappa shape index (κ3) is 11.6. The topological polar surface area (TPSA) is 151 Å². The number of nitrogens with zero attached hydrogens (tertiary/aromatic N) is 3. The van der Waals surface area contributed by atoms with E-state index in [4.69, 9.17) is 0 Å². The third-order valence-electron chi connectivity index (χ3n) is 5.05. The molecule has 0 aromatic carbocycles. The number of allylic oxidation sites excluding steroid dienone is 6. The highest BCUT2D eigenvalue weighted by Gasteiger charge is 2.11. The summed E-state index contributed by atoms with van der Waals surface area (Å²) < 4.78 is 0. The minimum atomic E-state index is -0.147. The number of carbonyl (C=O) groups excluding carboxylic acids is 3. The first kappa shape index (κ1) is 35.6. The molecule has 0 aliphatic rings. The summed E-state index contributed by atoms with van der Waals surface area (Å²) in [5.74, 6) is -0.320. The molecular weight excluding hydrogens is 525 g/mol. The minimum absolute atomic E-state index is 0. The molecule has 3 radical (unpaired) electrons. The largest absolute Gasteiger partial charge is 0.512 e. The number of hydrogen-bond acceptors (Lipinski definition) is 9. The highest BCUT2D eigenvalue weighted by Crippen LogP contribution is 2.19. The molecule has 0 unspecified atom stereocenters. The van der Waals surface area contributed by atoms with E-state index in [0.29, 0.717) is 33.4 Å². The summed E-state index contributed by atoms with van der Waals surface area (Å²) in [5, 5.41) is 27.8. The van der Waals surface area contributed by atoms with Gasteiger partial charge in [0.2, 0.25) is 0 Å². The van der Waals surface area contributed by atoms with Gasteiger partial charge in [0.15, 0.2) is 17.3 Å². The van der Waals surface area contributed by atoms with Crippen LogP contribution in [0.2, 0.25) is 0 Å². The van der Waals surface area contributed by atoms with E-state index in [0.717, 1.165) is 0 Å². The zero-order chi connectivity index (χ0) is 29.5. The van der Waals surface area contributed by atoms with Crippen LogP contribution in [0.5, 0.6) is 0 Å². The fraction of sp³-hybridized carbons (Fsp3) is 0.200. The van der Waals surface area contributed by atoms with E-state index >= 15 is 0 Å². The second kappa shape index (κ2) is 18.0. The maximum atomic E-state index is 11.1. The van der Waals surface area contributed by atoms with Gasteiger partial charge in [0.25, 0.3) is 0 Å². The van der Waals surface area contributed by atoms with E-state index in [1.807, 2.05) is 0 Å². The molecule has 0 fully saturated rings. The van der Waals surface area contributed by atoms with Crippen LogP contribution in [-0.2, 0) is 14.4 Å². The van der Waals surface area contributed by atoms with Crippen molar-refractivity contribution in [2.45, 2.75) is 41.5 Å². The van der Waals surface area contributed by atoms with Gasteiger partial charge in [-0.3, -0.25) is 29.3 Å². The van der Waals surface area contributed by atoms with E-state index in [1.165, 1.54) is 41.5 Å². The first-order chi connectivity index (χ1) is 18.4. The quantitative estimate of drug-likeness (QED) is 0.202. The number of hydrogen-bond donors (Lipinski definition) is 3. The van der Waals surface area contributed by atoms with Crippen molar-refractivity contribution in [2.75, 3.05) is 0 Å². The number of Topliss-reactive ketones (excluding diaryl/α,β-unsaturated/α-hetero) is 3. The van der Waals surface area contributed by atoms with Crippen LogP contribution in [0.15, 0.2) is 90.9 Å². The van der Waals surface area contributed by atoms with E-state index < -0.39 is 0 Å². The SMILES string of the molecule is CC(=O)/C(=C(/C)O)c1ccncc1.CC(=O)/C(=C(/C)O)c1ccncc1.CC(=O)/C(=C(\C)O)c1ccncc1.[Al]. The molecule has 9 nitrogen and oxygen atoms in total. The average Bonchev–Trinajstić information content (AvgIpc) is 2.85. The van der Waals surface area contributed by atoms with Crippen molar-refractivity contribution in [3.63, 3.8) is 0 Å². The molecule has 0 aliphatic heterocycles. The monoisotopic (exact) mass is 558 g/mol. The number of aromatic nitrogens is 3. The molecule has 40 heavy (non-hydrogen) atoms. The molecule has 0 atom stereocenters. The minimum Gasteiger partial charge on any atom is -0.512 e. The lowest BCUT2D eigenvalue weighted by atomic mass is 10.0. The second-order valence-electron chi connectivity index (χ2n) is 8.26. The van der Waals surface area contributed by atoms with E-state index in [2.05, 4.69) is 15.0 Å². The molecule has 0 bridgehead atoms. The Morgan fingerprint density at radius 2 is 0.625 bits per heavy atom. The number of ketones is 3. The van der Waals surface area contributed by atoms with Crippen molar-refractivity contribution in [3.05, 3.63) is 108 Å². The molecule has 207 valence electrons. The standard InChI is InChI=1S/3C10H11NO2.Al/c3*1-7(12)10(8(2)13)9-3-5-11-6-4-9;/h3*3-6,12H,1-2H3;/b2*10-7+;10-7-;. The maximum Gasteiger partial charge on any atom is 0.163 e. The summed E-state index contributed by atoms with van der Waals surface area (Å²) in [5.41, 5.74) is 3.14. The lowest BCUT2D eigenvalue weighted by molar-refractivity contribution is -0.112. The number of aliphatic hydroxyl groups excluding tert-OH is 3. The Hall–Kier alpha value is -4.39. The van der Waals surface area contributed by atoms with Gasteiger partial charge < -0.3 is 15.3 Å². The fourth-order valence-corrected chi connectivity index (χ4v) is 3.56. The Morgan fingerprint density at radius 3 is 0.750 bits per heavy atom. The fourth-order valence-electron chi connectivity index (χ4n) is 3.56. The van der Waals surface area contributed by atoms with Crippen molar-refractivity contribution in [3.8, 4) is 0 Å². The van der Waals surface area contributed by atoms with Gasteiger partial charge in [0, 0.05) is 54.5 Å². The van der Waals surface area contributed by atoms with Crippen LogP contribution in [0.1, 0.15) is 58.2 Å². The summed E-state index contributed by atoms with van der Waals surface area (Å²) in [6.45, 7) is 8.77. The Kier molecular flexibility index (Phi) is 16.0. The van der Waals surface area contributed by atoms with Crippen LogP contribution < -0.4 is 0 Å². The zero-order valence-corrected chi connectivity index (χ0v) is 24.6. The van der Waals surface area contributed by atoms with Crippen molar-refractivity contribution >= 4 is 51.4 Å². The van der Waals surface area contributed by atoms with Gasteiger partial charge in [-0.1, -0.05) is 0 Å². The molecule has 3 N–H and O–H groups in total. The first-order valence-electron chi connectivity index (χ1n) is 11.8. The van der Waals surface area contributed by atoms with Gasteiger partial charge in [0.05, 0.1) is 16.7 Å². The number of aliphatic hydroxyl groups is 3. The van der Waals surface area contributed by atoms with Crippen LogP contribution in [0.4, 0.5) is 0 Å². The maximum absolute atomic E-state index is 11.1. The predicted molar refractivity (Wildman–Crippen MR) is 156 cm³/mol. The highest BCUT2D eigenvalue weighted by atomic mass is 27.0. The normalized spacial score (nSPS) is 11.8. The van der Waals surface area contributed by atoms with Gasteiger partial charge in [-0.15, -0.1) is 0 Å². The molecule has 10 heteroatoms. The van der Waals surface area contributed by atoms with Crippen molar-refractivity contribution in [1.29, 1.82) is 0 Å². The Bertz CT molecular complexity index is 1190. The summed E-state index contributed by atoms with van der Waals surface area (Å²) in [6, 6.07) is 10.1. The molecule has 0 saturated carbocycles. The summed E-state index contributed by atoms with van der Waals surface area (Å²) in [7, 11) is 0. The second-order valence-corrected chi connectivity index (χ2v) is 8.26. The molecule has 0 aliphatic carbocycles. The first-order valence-corrected chi connectivity index (χ1v) is 11.8. The van der Waals surface area contributed by atoms with E-state index in [9.17, 15) is 29.7 Å². The lowest BCUT2D eigenvalue weighted by Gasteiger charge is -2.03. The lowest BCUT2D eigenvalue weighted by Crippen LogP contribution is -1.99. The smallest absolute Gasteiger partial charge is 0.163 e. The van der Waals surface area contributed by atoms with Crippen LogP contribution in [0.25, 0.3) is 16.7 Å². The molecule has 0 amide bonds. The third-order valence-corrected chi connectivity index (χ3v) is 5.05. The average molecular weight is 559 g/mol. The van der Waals surface area contributed by atoms with Crippen molar-refractivity contribution in [1.82, 2.24) is 15.0 Å². The van der Waals surface area contributed by atoms with Gasteiger partial charge in [-0.2, -0.15) is 0 Å².